The van der Waals surface area contributed by atoms with E-state index in [1.165, 1.54) is 0 Å². The zero-order chi connectivity index (χ0) is 6.57. The average molecular weight is 170 g/mol. The Hall–Kier alpha value is 0.600. The van der Waals surface area contributed by atoms with E-state index >= 15 is 0 Å². The first kappa shape index (κ1) is 12.3. The van der Waals surface area contributed by atoms with Gasteiger partial charge in [0.15, 0.2) is 0 Å². The molecule has 0 unspecified atom stereocenters. The van der Waals surface area contributed by atoms with Crippen LogP contribution in [0.1, 0.15) is 20.3 Å². The summed E-state index contributed by atoms with van der Waals surface area (Å²) in [5, 5.41) is 0. The third-order valence-corrected chi connectivity index (χ3v) is 1.48. The van der Waals surface area contributed by atoms with Gasteiger partial charge in [0.1, 0.15) is 0 Å². The standard InChI is InChI=1S/C6H15NS.ClH/c1-5(2)3-6(7)4-8;/h5-6,8H,3-4,7H2,1-2H3;1H/t6-;/m0./s1. The molecule has 9 heavy (non-hydrogen) atoms. The first-order chi connectivity index (χ1) is 3.66. The number of hydrogen-bond acceptors (Lipinski definition) is 2. The lowest BCUT2D eigenvalue weighted by atomic mass is 10.1. The highest BCUT2D eigenvalue weighted by molar-refractivity contribution is 7.80. The highest BCUT2D eigenvalue weighted by atomic mass is 35.5. The number of halogens is 1. The van der Waals surface area contributed by atoms with Gasteiger partial charge in [0.05, 0.1) is 0 Å². The molecule has 0 aliphatic heterocycles. The van der Waals surface area contributed by atoms with Gasteiger partial charge in [-0.15, -0.1) is 12.4 Å². The lowest BCUT2D eigenvalue weighted by Crippen LogP contribution is -2.23. The highest BCUT2D eigenvalue weighted by Crippen LogP contribution is 2.02. The van der Waals surface area contributed by atoms with Gasteiger partial charge in [-0.05, 0) is 12.3 Å². The van der Waals surface area contributed by atoms with Crippen LogP contribution in [0.15, 0.2) is 0 Å². The topological polar surface area (TPSA) is 26.0 Å². The summed E-state index contributed by atoms with van der Waals surface area (Å²) in [5.41, 5.74) is 5.60. The predicted octanol–water partition coefficient (Wildman–Crippen LogP) is 1.71. The molecule has 0 aliphatic carbocycles. The Morgan fingerprint density at radius 1 is 1.44 bits per heavy atom. The molecule has 0 aromatic rings. The third kappa shape index (κ3) is 8.60. The maximum Gasteiger partial charge on any atom is 0.0130 e. The summed E-state index contributed by atoms with van der Waals surface area (Å²) in [6.07, 6.45) is 1.09. The number of rotatable bonds is 3. The van der Waals surface area contributed by atoms with Crippen molar-refractivity contribution >= 4 is 25.0 Å². The first-order valence-electron chi connectivity index (χ1n) is 3.03. The van der Waals surface area contributed by atoms with Crippen LogP contribution >= 0.6 is 25.0 Å². The van der Waals surface area contributed by atoms with Crippen molar-refractivity contribution in [1.82, 2.24) is 0 Å². The van der Waals surface area contributed by atoms with Crippen LogP contribution in [0.4, 0.5) is 0 Å². The second kappa shape index (κ2) is 6.72. The van der Waals surface area contributed by atoms with E-state index in [1.807, 2.05) is 0 Å². The first-order valence-corrected chi connectivity index (χ1v) is 3.66. The summed E-state index contributed by atoms with van der Waals surface area (Å²) in [7, 11) is 0. The molecule has 0 saturated carbocycles. The van der Waals surface area contributed by atoms with Crippen molar-refractivity contribution in [3.05, 3.63) is 0 Å². The maximum absolute atomic E-state index is 5.60. The molecule has 0 aliphatic rings. The molecule has 0 heterocycles. The molecule has 0 aromatic carbocycles. The van der Waals surface area contributed by atoms with Gasteiger partial charge in [0.2, 0.25) is 0 Å². The fourth-order valence-electron chi connectivity index (χ4n) is 0.680. The lowest BCUT2D eigenvalue weighted by Gasteiger charge is -2.09. The van der Waals surface area contributed by atoms with Gasteiger partial charge in [0.25, 0.3) is 0 Å². The van der Waals surface area contributed by atoms with E-state index in [4.69, 9.17) is 5.73 Å². The summed E-state index contributed by atoms with van der Waals surface area (Å²) in [6.45, 7) is 4.34. The van der Waals surface area contributed by atoms with Crippen LogP contribution in [0.5, 0.6) is 0 Å². The molecule has 2 N–H and O–H groups in total. The minimum Gasteiger partial charge on any atom is -0.327 e. The molecule has 1 atom stereocenters. The normalized spacial score (nSPS) is 13.0. The van der Waals surface area contributed by atoms with Crippen LogP contribution in [-0.2, 0) is 0 Å². The van der Waals surface area contributed by atoms with Crippen LogP contribution < -0.4 is 5.73 Å². The molecule has 0 radical (unpaired) electrons. The van der Waals surface area contributed by atoms with E-state index in [1.54, 1.807) is 0 Å². The molecule has 58 valence electrons. The van der Waals surface area contributed by atoms with Crippen LogP contribution in [0.2, 0.25) is 0 Å². The van der Waals surface area contributed by atoms with Gasteiger partial charge in [-0.2, -0.15) is 12.6 Å². The molecule has 1 nitrogen and oxygen atoms in total. The van der Waals surface area contributed by atoms with Crippen LogP contribution in [0.3, 0.4) is 0 Å². The molecule has 3 heteroatoms. The van der Waals surface area contributed by atoms with Gasteiger partial charge in [-0.3, -0.25) is 0 Å². The third-order valence-electron chi connectivity index (χ3n) is 1.01. The Bertz CT molecular complexity index is 59.0. The van der Waals surface area contributed by atoms with Crippen molar-refractivity contribution in [2.24, 2.45) is 11.7 Å². The molecule has 0 fully saturated rings. The van der Waals surface area contributed by atoms with Gasteiger partial charge in [-0.1, -0.05) is 13.8 Å². The molecular weight excluding hydrogens is 154 g/mol. The fourth-order valence-corrected chi connectivity index (χ4v) is 0.829. The summed E-state index contributed by atoms with van der Waals surface area (Å²) < 4.78 is 0. The second-order valence-corrected chi connectivity index (χ2v) is 2.94. The SMILES string of the molecule is CC(C)C[C@H](N)CS.Cl. The van der Waals surface area contributed by atoms with Gasteiger partial charge >= 0.3 is 0 Å². The second-order valence-electron chi connectivity index (χ2n) is 2.57. The van der Waals surface area contributed by atoms with Crippen LogP contribution in [-0.4, -0.2) is 11.8 Å². The Morgan fingerprint density at radius 3 is 2.00 bits per heavy atom. The molecule has 0 saturated heterocycles. The number of thiol groups is 1. The van der Waals surface area contributed by atoms with Gasteiger partial charge in [-0.25, -0.2) is 0 Å². The molecule has 0 spiro atoms. The predicted molar refractivity (Wildman–Crippen MR) is 48.5 cm³/mol. The number of nitrogens with two attached hydrogens (primary N) is 1. The zero-order valence-corrected chi connectivity index (χ0v) is 7.71. The quantitative estimate of drug-likeness (QED) is 0.619. The van der Waals surface area contributed by atoms with E-state index in [9.17, 15) is 0 Å². The maximum atomic E-state index is 5.60. The van der Waals surface area contributed by atoms with Gasteiger partial charge in [0, 0.05) is 11.8 Å². The van der Waals surface area contributed by atoms with Gasteiger partial charge < -0.3 is 5.73 Å². The minimum absolute atomic E-state index is 0. The Kier molecular flexibility index (Phi) is 9.17. The molecular formula is C6H16ClNS. The van der Waals surface area contributed by atoms with E-state index in [-0.39, 0.29) is 12.4 Å². The van der Waals surface area contributed by atoms with Crippen molar-refractivity contribution in [1.29, 1.82) is 0 Å². The largest absolute Gasteiger partial charge is 0.327 e. The summed E-state index contributed by atoms with van der Waals surface area (Å²) in [6, 6.07) is 0.290. The summed E-state index contributed by atoms with van der Waals surface area (Å²) in [4.78, 5) is 0. The van der Waals surface area contributed by atoms with E-state index in [2.05, 4.69) is 26.5 Å². The Morgan fingerprint density at radius 2 is 1.89 bits per heavy atom. The Balaban J connectivity index is 0. The smallest absolute Gasteiger partial charge is 0.0130 e. The van der Waals surface area contributed by atoms with Crippen molar-refractivity contribution < 1.29 is 0 Å². The monoisotopic (exact) mass is 169 g/mol. The van der Waals surface area contributed by atoms with E-state index in [0.717, 1.165) is 12.2 Å². The molecule has 0 rings (SSSR count). The highest BCUT2D eigenvalue weighted by Gasteiger charge is 2.00. The summed E-state index contributed by atoms with van der Waals surface area (Å²) >= 11 is 4.07. The van der Waals surface area contributed by atoms with Crippen molar-refractivity contribution in [3.8, 4) is 0 Å². The van der Waals surface area contributed by atoms with Crippen molar-refractivity contribution in [2.45, 2.75) is 26.3 Å². The van der Waals surface area contributed by atoms with Crippen molar-refractivity contribution in [3.63, 3.8) is 0 Å². The summed E-state index contributed by atoms with van der Waals surface area (Å²) in [5.74, 6) is 1.51. The lowest BCUT2D eigenvalue weighted by molar-refractivity contribution is 0.525. The van der Waals surface area contributed by atoms with Crippen molar-refractivity contribution in [2.75, 3.05) is 5.75 Å². The van der Waals surface area contributed by atoms with Crippen LogP contribution in [0.25, 0.3) is 0 Å². The number of hydrogen-bond donors (Lipinski definition) is 2. The molecule has 0 amide bonds. The molecule has 0 aromatic heterocycles. The fraction of sp³-hybridized carbons (Fsp3) is 1.00. The van der Waals surface area contributed by atoms with Crippen LogP contribution in [0, 0.1) is 5.92 Å². The van der Waals surface area contributed by atoms with E-state index in [0.29, 0.717) is 12.0 Å². The molecule has 0 bridgehead atoms. The van der Waals surface area contributed by atoms with E-state index < -0.39 is 0 Å². The average Bonchev–Trinajstić information content (AvgIpc) is 1.65. The minimum atomic E-state index is 0. The Labute approximate surface area is 69.2 Å². The zero-order valence-electron chi connectivity index (χ0n) is 6.00.